The van der Waals surface area contributed by atoms with Crippen molar-refractivity contribution in [3.8, 4) is 17.2 Å². The van der Waals surface area contributed by atoms with Crippen molar-refractivity contribution < 1.29 is 27.4 Å². The van der Waals surface area contributed by atoms with Gasteiger partial charge in [-0.25, -0.2) is 8.42 Å². The lowest BCUT2D eigenvalue weighted by atomic mass is 10.0. The number of rotatable bonds is 7. The number of hydrogen-bond acceptors (Lipinski definition) is 7. The van der Waals surface area contributed by atoms with Crippen LogP contribution in [-0.4, -0.2) is 47.9 Å². The molecule has 0 radical (unpaired) electrons. The van der Waals surface area contributed by atoms with Crippen molar-refractivity contribution in [1.29, 1.82) is 0 Å². The summed E-state index contributed by atoms with van der Waals surface area (Å²) in [5, 5.41) is 5.80. The van der Waals surface area contributed by atoms with E-state index in [-0.39, 0.29) is 10.9 Å². The Balaban J connectivity index is 1.76. The molecule has 10 heteroatoms. The quantitative estimate of drug-likeness (QED) is 0.590. The molecule has 2 unspecified atom stereocenters. The molecule has 0 aliphatic carbocycles. The number of hydrogen-bond donors (Lipinski definition) is 3. The lowest BCUT2D eigenvalue weighted by Crippen LogP contribution is -2.55. The number of amides is 1. The maximum atomic E-state index is 12.8. The molecule has 1 aliphatic rings. The Labute approximate surface area is 182 Å². The van der Waals surface area contributed by atoms with E-state index in [4.69, 9.17) is 14.2 Å². The number of methoxy groups -OCH3 is 3. The van der Waals surface area contributed by atoms with Crippen molar-refractivity contribution in [2.45, 2.75) is 37.4 Å². The first-order valence-corrected chi connectivity index (χ1v) is 11.2. The van der Waals surface area contributed by atoms with E-state index in [1.807, 2.05) is 13.8 Å². The normalized spacial score (nSPS) is 17.6. The molecule has 31 heavy (non-hydrogen) atoms. The van der Waals surface area contributed by atoms with Crippen LogP contribution in [0.2, 0.25) is 0 Å². The minimum atomic E-state index is -3.80. The maximum absolute atomic E-state index is 12.8. The molecule has 2 aromatic carbocycles. The molecule has 0 saturated carbocycles. The number of anilines is 1. The highest BCUT2D eigenvalue weighted by Gasteiger charge is 2.33. The number of sulfonamides is 1. The molecule has 0 aromatic heterocycles. The monoisotopic (exact) mass is 449 g/mol. The zero-order chi connectivity index (χ0) is 22.8. The van der Waals surface area contributed by atoms with Crippen LogP contribution in [0.15, 0.2) is 35.2 Å². The fourth-order valence-corrected chi connectivity index (χ4v) is 4.73. The Morgan fingerprint density at radius 1 is 1.10 bits per heavy atom. The van der Waals surface area contributed by atoms with Gasteiger partial charge in [-0.15, -0.1) is 0 Å². The number of benzene rings is 2. The first kappa shape index (κ1) is 22.7. The smallest absolute Gasteiger partial charge is 0.258 e. The van der Waals surface area contributed by atoms with Crippen LogP contribution in [0.1, 0.15) is 18.1 Å². The van der Waals surface area contributed by atoms with Crippen LogP contribution >= 0.6 is 0 Å². The Bertz CT molecular complexity index is 1060. The van der Waals surface area contributed by atoms with E-state index in [0.29, 0.717) is 29.4 Å². The topological polar surface area (TPSA) is 115 Å². The highest BCUT2D eigenvalue weighted by Crippen LogP contribution is 2.35. The third kappa shape index (κ3) is 4.86. The Morgan fingerprint density at radius 2 is 1.74 bits per heavy atom. The van der Waals surface area contributed by atoms with E-state index in [0.717, 1.165) is 11.1 Å². The molecule has 1 amide bonds. The zero-order valence-corrected chi connectivity index (χ0v) is 18.9. The van der Waals surface area contributed by atoms with Crippen LogP contribution in [0.3, 0.4) is 0 Å². The van der Waals surface area contributed by atoms with Gasteiger partial charge in [0.15, 0.2) is 6.17 Å². The average Bonchev–Trinajstić information content (AvgIpc) is 2.72. The summed E-state index contributed by atoms with van der Waals surface area (Å²) in [4.78, 5) is 12.9. The predicted molar refractivity (Wildman–Crippen MR) is 116 cm³/mol. The van der Waals surface area contributed by atoms with Crippen molar-refractivity contribution in [2.24, 2.45) is 0 Å². The predicted octanol–water partition coefficient (Wildman–Crippen LogP) is 1.80. The van der Waals surface area contributed by atoms with Crippen LogP contribution in [0.4, 0.5) is 5.69 Å². The standard InChI is InChI=1S/C21H27N3O6S/c1-12-6-7-19-16(8-12)23-20(24-31(19,26)27)21(25)22-13(2)9-15-17(29-4)10-14(28-3)11-18(15)30-5/h6-8,10-11,13,20,23-24H,9H2,1-5H3,(H,22,25). The maximum Gasteiger partial charge on any atom is 0.258 e. The molecule has 168 valence electrons. The van der Waals surface area contributed by atoms with E-state index in [9.17, 15) is 13.2 Å². The molecule has 2 aromatic rings. The molecular weight excluding hydrogens is 422 g/mol. The fraction of sp³-hybridized carbons (Fsp3) is 0.381. The van der Waals surface area contributed by atoms with Gasteiger partial charge in [0.2, 0.25) is 10.0 Å². The molecule has 3 N–H and O–H groups in total. The number of nitrogens with one attached hydrogen (secondary N) is 3. The van der Waals surface area contributed by atoms with Crippen LogP contribution in [0.25, 0.3) is 0 Å². The van der Waals surface area contributed by atoms with Crippen LogP contribution in [0.5, 0.6) is 17.2 Å². The summed E-state index contributed by atoms with van der Waals surface area (Å²) in [7, 11) is 0.832. The van der Waals surface area contributed by atoms with Crippen LogP contribution < -0.4 is 29.6 Å². The van der Waals surface area contributed by atoms with Gasteiger partial charge < -0.3 is 24.8 Å². The van der Waals surface area contributed by atoms with E-state index >= 15 is 0 Å². The molecule has 2 atom stereocenters. The van der Waals surface area contributed by atoms with Gasteiger partial charge in [0.25, 0.3) is 5.91 Å². The molecule has 0 spiro atoms. The molecule has 0 bridgehead atoms. The average molecular weight is 450 g/mol. The van der Waals surface area contributed by atoms with E-state index in [2.05, 4.69) is 15.4 Å². The van der Waals surface area contributed by atoms with Gasteiger partial charge in [-0.1, -0.05) is 6.07 Å². The second-order valence-corrected chi connectivity index (χ2v) is 9.00. The number of ether oxygens (including phenoxy) is 3. The summed E-state index contributed by atoms with van der Waals surface area (Å²) in [6, 6.07) is 8.06. The second kappa shape index (κ2) is 9.03. The zero-order valence-electron chi connectivity index (χ0n) is 18.1. The summed E-state index contributed by atoms with van der Waals surface area (Å²) in [5.74, 6) is 1.23. The minimum absolute atomic E-state index is 0.114. The van der Waals surface area contributed by atoms with E-state index in [1.54, 1.807) is 45.6 Å². The molecule has 1 aliphatic heterocycles. The summed E-state index contributed by atoms with van der Waals surface area (Å²) in [6.45, 7) is 3.67. The van der Waals surface area contributed by atoms with Gasteiger partial charge in [0.05, 0.1) is 27.0 Å². The lowest BCUT2D eigenvalue weighted by molar-refractivity contribution is -0.122. The Morgan fingerprint density at radius 3 is 2.32 bits per heavy atom. The first-order valence-electron chi connectivity index (χ1n) is 9.67. The fourth-order valence-electron chi connectivity index (χ4n) is 3.48. The van der Waals surface area contributed by atoms with E-state index in [1.165, 1.54) is 6.07 Å². The molecule has 3 rings (SSSR count). The summed E-state index contributed by atoms with van der Waals surface area (Å²) >= 11 is 0. The molecule has 9 nitrogen and oxygen atoms in total. The molecular formula is C21H27N3O6S. The van der Waals surface area contributed by atoms with Crippen molar-refractivity contribution in [2.75, 3.05) is 26.6 Å². The Kier molecular flexibility index (Phi) is 6.61. The van der Waals surface area contributed by atoms with Gasteiger partial charge >= 0.3 is 0 Å². The lowest BCUT2D eigenvalue weighted by Gasteiger charge is -2.28. The minimum Gasteiger partial charge on any atom is -0.496 e. The van der Waals surface area contributed by atoms with Crippen molar-refractivity contribution in [3.63, 3.8) is 0 Å². The molecule has 1 heterocycles. The highest BCUT2D eigenvalue weighted by molar-refractivity contribution is 7.89. The van der Waals surface area contributed by atoms with Crippen molar-refractivity contribution in [3.05, 3.63) is 41.5 Å². The van der Waals surface area contributed by atoms with Gasteiger partial charge in [-0.05, 0) is 38.0 Å². The number of fused-ring (bicyclic) bond motifs is 1. The van der Waals surface area contributed by atoms with Crippen molar-refractivity contribution in [1.82, 2.24) is 10.0 Å². The number of aryl methyl sites for hydroxylation is 1. The Hall–Kier alpha value is -2.98. The third-order valence-corrected chi connectivity index (χ3v) is 6.46. The van der Waals surface area contributed by atoms with Gasteiger partial charge in [-0.2, -0.15) is 4.72 Å². The number of carbonyl (C=O) groups excluding carboxylic acids is 1. The highest BCUT2D eigenvalue weighted by atomic mass is 32.2. The largest absolute Gasteiger partial charge is 0.496 e. The van der Waals surface area contributed by atoms with Gasteiger partial charge in [0.1, 0.15) is 22.1 Å². The summed E-state index contributed by atoms with van der Waals surface area (Å²) in [5.41, 5.74) is 2.04. The second-order valence-electron chi connectivity index (χ2n) is 7.32. The summed E-state index contributed by atoms with van der Waals surface area (Å²) < 4.78 is 43.6. The molecule has 0 fully saturated rings. The number of carbonyl (C=O) groups is 1. The van der Waals surface area contributed by atoms with Crippen LogP contribution in [0, 0.1) is 6.92 Å². The third-order valence-electron chi connectivity index (χ3n) is 4.98. The van der Waals surface area contributed by atoms with Gasteiger partial charge in [-0.3, -0.25) is 4.79 Å². The summed E-state index contributed by atoms with van der Waals surface area (Å²) in [6.07, 6.45) is -0.724. The van der Waals surface area contributed by atoms with Crippen molar-refractivity contribution >= 4 is 21.6 Å². The van der Waals surface area contributed by atoms with E-state index < -0.39 is 22.1 Å². The van der Waals surface area contributed by atoms with Crippen LogP contribution in [-0.2, 0) is 21.2 Å². The van der Waals surface area contributed by atoms with Gasteiger partial charge in [0, 0.05) is 23.7 Å². The SMILES string of the molecule is COc1cc(OC)c(CC(C)NC(=O)C2Nc3cc(C)ccc3S(=O)(=O)N2)c(OC)c1. The molecule has 0 saturated heterocycles. The first-order chi connectivity index (χ1) is 14.7.